The number of hydrogen-bond acceptors (Lipinski definition) is 7. The third-order valence-corrected chi connectivity index (χ3v) is 3.37. The van der Waals surface area contributed by atoms with E-state index in [1.165, 1.54) is 25.6 Å². The molecule has 0 aromatic heterocycles. The molecule has 0 aliphatic carbocycles. The van der Waals surface area contributed by atoms with Crippen LogP contribution in [0.4, 0.5) is 0 Å². The topological polar surface area (TPSA) is 93.1 Å². The SMILES string of the molecule is CC(=O)OCCC(O)CSCC(O)CCOC(C)=O. The lowest BCUT2D eigenvalue weighted by Gasteiger charge is -2.13. The molecule has 0 saturated carbocycles. The molecule has 2 atom stereocenters. The number of aliphatic hydroxyl groups is 2. The maximum Gasteiger partial charge on any atom is 0.302 e. The maximum absolute atomic E-state index is 10.5. The van der Waals surface area contributed by atoms with Crippen molar-refractivity contribution in [3.8, 4) is 0 Å². The van der Waals surface area contributed by atoms with Crippen molar-refractivity contribution < 1.29 is 29.3 Å². The fourth-order valence-corrected chi connectivity index (χ4v) is 2.20. The predicted octanol–water partition coefficient (Wildman–Crippen LogP) is 0.348. The molecule has 0 fully saturated rings. The molecule has 112 valence electrons. The quantitative estimate of drug-likeness (QED) is 0.561. The second-order valence-corrected chi connectivity index (χ2v) is 5.18. The van der Waals surface area contributed by atoms with Crippen molar-refractivity contribution in [2.45, 2.75) is 38.9 Å². The first kappa shape index (κ1) is 18.2. The molecule has 2 unspecified atom stereocenters. The van der Waals surface area contributed by atoms with E-state index >= 15 is 0 Å². The van der Waals surface area contributed by atoms with Gasteiger partial charge in [-0.1, -0.05) is 0 Å². The van der Waals surface area contributed by atoms with Crippen molar-refractivity contribution in [1.82, 2.24) is 0 Å². The fourth-order valence-electron chi connectivity index (χ4n) is 1.18. The number of aliphatic hydroxyl groups excluding tert-OH is 2. The van der Waals surface area contributed by atoms with Crippen LogP contribution in [0.25, 0.3) is 0 Å². The Morgan fingerprint density at radius 3 is 1.63 bits per heavy atom. The Morgan fingerprint density at radius 1 is 0.947 bits per heavy atom. The van der Waals surface area contributed by atoms with E-state index in [-0.39, 0.29) is 25.2 Å². The normalized spacial score (nSPS) is 13.7. The lowest BCUT2D eigenvalue weighted by Crippen LogP contribution is -2.18. The second-order valence-electron chi connectivity index (χ2n) is 4.10. The molecule has 0 heterocycles. The van der Waals surface area contributed by atoms with Crippen molar-refractivity contribution in [2.75, 3.05) is 24.7 Å². The predicted molar refractivity (Wildman–Crippen MR) is 71.8 cm³/mol. The Balaban J connectivity index is 3.44. The van der Waals surface area contributed by atoms with Gasteiger partial charge in [-0.05, 0) is 0 Å². The van der Waals surface area contributed by atoms with E-state index in [0.717, 1.165) is 0 Å². The number of rotatable bonds is 10. The standard InChI is InChI=1S/C12H22O6S/c1-9(13)17-5-3-11(15)7-19-8-12(16)4-6-18-10(2)14/h11-12,15-16H,3-8H2,1-2H3. The van der Waals surface area contributed by atoms with Gasteiger partial charge in [0.15, 0.2) is 0 Å². The molecule has 0 aliphatic heterocycles. The molecule has 7 heteroatoms. The summed E-state index contributed by atoms with van der Waals surface area (Å²) in [5.41, 5.74) is 0. The van der Waals surface area contributed by atoms with Gasteiger partial charge < -0.3 is 19.7 Å². The molecule has 0 radical (unpaired) electrons. The summed E-state index contributed by atoms with van der Waals surface area (Å²) in [5.74, 6) is 0.208. The van der Waals surface area contributed by atoms with E-state index in [1.807, 2.05) is 0 Å². The van der Waals surface area contributed by atoms with E-state index in [0.29, 0.717) is 24.3 Å². The van der Waals surface area contributed by atoms with Gasteiger partial charge in [-0.25, -0.2) is 0 Å². The highest BCUT2D eigenvalue weighted by Gasteiger charge is 2.09. The molecule has 19 heavy (non-hydrogen) atoms. The number of hydrogen-bond donors (Lipinski definition) is 2. The molecule has 2 N–H and O–H groups in total. The highest BCUT2D eigenvalue weighted by atomic mass is 32.2. The van der Waals surface area contributed by atoms with Crippen LogP contribution in [0.5, 0.6) is 0 Å². The van der Waals surface area contributed by atoms with E-state index in [1.54, 1.807) is 0 Å². The number of carbonyl (C=O) groups excluding carboxylic acids is 2. The first-order chi connectivity index (χ1) is 8.91. The summed E-state index contributed by atoms with van der Waals surface area (Å²) in [6, 6.07) is 0. The average molecular weight is 294 g/mol. The van der Waals surface area contributed by atoms with Crippen LogP contribution in [-0.2, 0) is 19.1 Å². The van der Waals surface area contributed by atoms with Gasteiger partial charge in [0.25, 0.3) is 0 Å². The van der Waals surface area contributed by atoms with Crippen molar-refractivity contribution in [1.29, 1.82) is 0 Å². The Labute approximate surface area is 117 Å². The molecule has 0 saturated heterocycles. The Bertz CT molecular complexity index is 245. The lowest BCUT2D eigenvalue weighted by atomic mass is 10.3. The molecule has 0 aromatic rings. The van der Waals surface area contributed by atoms with Gasteiger partial charge in [-0.3, -0.25) is 9.59 Å². The van der Waals surface area contributed by atoms with Crippen LogP contribution in [0.1, 0.15) is 26.7 Å². The summed E-state index contributed by atoms with van der Waals surface area (Å²) in [7, 11) is 0. The molecule has 0 bridgehead atoms. The van der Waals surface area contributed by atoms with Gasteiger partial charge in [0.1, 0.15) is 0 Å². The Hall–Kier alpha value is -0.790. The van der Waals surface area contributed by atoms with Gasteiger partial charge in [0.2, 0.25) is 0 Å². The highest BCUT2D eigenvalue weighted by molar-refractivity contribution is 7.99. The van der Waals surface area contributed by atoms with Gasteiger partial charge in [0, 0.05) is 38.2 Å². The lowest BCUT2D eigenvalue weighted by molar-refractivity contribution is -0.142. The summed E-state index contributed by atoms with van der Waals surface area (Å²) in [6.45, 7) is 3.04. The molecular formula is C12H22O6S. The minimum atomic E-state index is -0.565. The van der Waals surface area contributed by atoms with Crippen LogP contribution in [-0.4, -0.2) is 59.1 Å². The zero-order valence-corrected chi connectivity index (χ0v) is 12.1. The summed E-state index contributed by atoms with van der Waals surface area (Å²) in [6.07, 6.45) is -0.360. The smallest absolute Gasteiger partial charge is 0.302 e. The average Bonchev–Trinajstić information content (AvgIpc) is 2.27. The van der Waals surface area contributed by atoms with Crippen molar-refractivity contribution in [3.63, 3.8) is 0 Å². The van der Waals surface area contributed by atoms with Gasteiger partial charge in [-0.15, -0.1) is 0 Å². The van der Waals surface area contributed by atoms with Crippen LogP contribution in [0.15, 0.2) is 0 Å². The summed E-state index contributed by atoms with van der Waals surface area (Å²) < 4.78 is 9.42. The van der Waals surface area contributed by atoms with Gasteiger partial charge in [-0.2, -0.15) is 11.8 Å². The zero-order valence-electron chi connectivity index (χ0n) is 11.3. The zero-order chi connectivity index (χ0) is 14.7. The van der Waals surface area contributed by atoms with E-state index in [9.17, 15) is 19.8 Å². The molecule has 0 rings (SSSR count). The Morgan fingerprint density at radius 2 is 1.32 bits per heavy atom. The number of ether oxygens (including phenoxy) is 2. The van der Waals surface area contributed by atoms with Crippen molar-refractivity contribution in [3.05, 3.63) is 0 Å². The van der Waals surface area contributed by atoms with E-state index in [4.69, 9.17) is 9.47 Å². The summed E-state index contributed by atoms with van der Waals surface area (Å²) >= 11 is 1.41. The molecular weight excluding hydrogens is 272 g/mol. The number of carbonyl (C=O) groups is 2. The Kier molecular flexibility index (Phi) is 10.6. The maximum atomic E-state index is 10.5. The fraction of sp³-hybridized carbons (Fsp3) is 0.833. The third kappa shape index (κ3) is 13.4. The van der Waals surface area contributed by atoms with Crippen LogP contribution in [0, 0.1) is 0 Å². The largest absolute Gasteiger partial charge is 0.466 e. The van der Waals surface area contributed by atoms with Crippen LogP contribution in [0.3, 0.4) is 0 Å². The number of esters is 2. The minimum absolute atomic E-state index is 0.200. The van der Waals surface area contributed by atoms with Gasteiger partial charge in [0.05, 0.1) is 25.4 Å². The third-order valence-electron chi connectivity index (χ3n) is 2.13. The highest BCUT2D eigenvalue weighted by Crippen LogP contribution is 2.09. The van der Waals surface area contributed by atoms with E-state index in [2.05, 4.69) is 0 Å². The van der Waals surface area contributed by atoms with E-state index < -0.39 is 12.2 Å². The molecule has 0 spiro atoms. The first-order valence-electron chi connectivity index (χ1n) is 6.12. The van der Waals surface area contributed by atoms with Gasteiger partial charge >= 0.3 is 11.9 Å². The molecule has 0 aliphatic rings. The monoisotopic (exact) mass is 294 g/mol. The summed E-state index contributed by atoms with van der Waals surface area (Å²) in [5, 5.41) is 19.1. The van der Waals surface area contributed by atoms with Crippen LogP contribution in [0.2, 0.25) is 0 Å². The second kappa shape index (κ2) is 11.1. The van der Waals surface area contributed by atoms with Crippen molar-refractivity contribution in [2.24, 2.45) is 0 Å². The van der Waals surface area contributed by atoms with Crippen molar-refractivity contribution >= 4 is 23.7 Å². The molecule has 6 nitrogen and oxygen atoms in total. The van der Waals surface area contributed by atoms with Crippen LogP contribution >= 0.6 is 11.8 Å². The van der Waals surface area contributed by atoms with Crippen LogP contribution < -0.4 is 0 Å². The first-order valence-corrected chi connectivity index (χ1v) is 7.28. The summed E-state index contributed by atoms with van der Waals surface area (Å²) in [4.78, 5) is 21.0. The molecule has 0 amide bonds. The minimum Gasteiger partial charge on any atom is -0.466 e. The molecule has 0 aromatic carbocycles. The number of thioether (sulfide) groups is 1.